The third-order valence-electron chi connectivity index (χ3n) is 4.57. The van der Waals surface area contributed by atoms with Gasteiger partial charge in [0, 0.05) is 21.9 Å². The Balaban J connectivity index is 2.35. The van der Waals surface area contributed by atoms with Gasteiger partial charge >= 0.3 is 0 Å². The predicted molar refractivity (Wildman–Crippen MR) is 112 cm³/mol. The second-order valence-electron chi connectivity index (χ2n) is 7.79. The number of carbonyl (C=O) groups is 1. The van der Waals surface area contributed by atoms with Crippen molar-refractivity contribution in [1.82, 2.24) is 9.78 Å². The monoisotopic (exact) mass is 419 g/mol. The van der Waals surface area contributed by atoms with E-state index >= 15 is 0 Å². The molecule has 0 spiro atoms. The number of benzene rings is 1. The van der Waals surface area contributed by atoms with Gasteiger partial charge in [-0.2, -0.15) is 5.10 Å². The summed E-state index contributed by atoms with van der Waals surface area (Å²) < 4.78 is 2.85. The Hall–Kier alpha value is -1.62. The van der Waals surface area contributed by atoms with E-state index in [0.717, 1.165) is 47.4 Å². The van der Waals surface area contributed by atoms with Crippen molar-refractivity contribution in [3.63, 3.8) is 0 Å². The molecule has 0 aliphatic heterocycles. The molecule has 1 amide bonds. The number of rotatable bonds is 7. The van der Waals surface area contributed by atoms with E-state index in [1.54, 1.807) is 0 Å². The first kappa shape index (κ1) is 20.7. The Bertz CT molecular complexity index is 729. The lowest BCUT2D eigenvalue weighted by Gasteiger charge is -2.15. The van der Waals surface area contributed by atoms with Crippen molar-refractivity contribution in [3.8, 4) is 5.69 Å². The minimum absolute atomic E-state index is 0.0429. The van der Waals surface area contributed by atoms with Crippen LogP contribution in [0.4, 0.5) is 5.82 Å². The molecule has 1 aromatic heterocycles. The van der Waals surface area contributed by atoms with Crippen LogP contribution in [0.5, 0.6) is 0 Å². The van der Waals surface area contributed by atoms with Gasteiger partial charge in [0.05, 0.1) is 11.4 Å². The number of nitrogens with one attached hydrogen (secondary N) is 1. The maximum absolute atomic E-state index is 12.8. The number of nitrogens with zero attached hydrogens (tertiary/aromatic N) is 2. The molecular formula is C21H30BrN3O. The van der Waals surface area contributed by atoms with Crippen LogP contribution < -0.4 is 5.32 Å². The average Bonchev–Trinajstić information content (AvgIpc) is 3.00. The number of carbonyl (C=O) groups excluding carboxylic acids is 1. The molecule has 5 heteroatoms. The number of hydrogen-bond acceptors (Lipinski definition) is 2. The highest BCUT2D eigenvalue weighted by Gasteiger charge is 2.23. The molecule has 26 heavy (non-hydrogen) atoms. The predicted octanol–water partition coefficient (Wildman–Crippen LogP) is 6.09. The first-order valence-corrected chi connectivity index (χ1v) is 10.2. The summed E-state index contributed by atoms with van der Waals surface area (Å²) in [6, 6.07) is 9.94. The van der Waals surface area contributed by atoms with Crippen molar-refractivity contribution in [1.29, 1.82) is 0 Å². The highest BCUT2D eigenvalue weighted by Crippen LogP contribution is 2.27. The summed E-state index contributed by atoms with van der Waals surface area (Å²) in [6.07, 6.45) is 3.96. The summed E-state index contributed by atoms with van der Waals surface area (Å²) in [7, 11) is 0. The van der Waals surface area contributed by atoms with Gasteiger partial charge in [-0.15, -0.1) is 0 Å². The van der Waals surface area contributed by atoms with Crippen molar-refractivity contribution in [2.75, 3.05) is 5.32 Å². The molecule has 4 nitrogen and oxygen atoms in total. The Kier molecular flexibility index (Phi) is 7.04. The number of halogens is 1. The van der Waals surface area contributed by atoms with Crippen molar-refractivity contribution >= 4 is 27.7 Å². The number of unbranched alkanes of at least 4 members (excludes halogenated alkanes) is 1. The van der Waals surface area contributed by atoms with Crippen LogP contribution in [-0.2, 0) is 10.2 Å². The van der Waals surface area contributed by atoms with E-state index in [4.69, 9.17) is 5.10 Å². The van der Waals surface area contributed by atoms with Crippen LogP contribution in [0.25, 0.3) is 5.69 Å². The van der Waals surface area contributed by atoms with Crippen molar-refractivity contribution in [2.45, 2.75) is 65.7 Å². The molecule has 1 aromatic carbocycles. The zero-order chi connectivity index (χ0) is 19.3. The molecule has 142 valence electrons. The summed E-state index contributed by atoms with van der Waals surface area (Å²) in [5.74, 6) is 0.859. The molecule has 1 N–H and O–H groups in total. The summed E-state index contributed by atoms with van der Waals surface area (Å²) in [4.78, 5) is 12.8. The Morgan fingerprint density at radius 1 is 1.23 bits per heavy atom. The molecule has 1 atom stereocenters. The molecule has 2 rings (SSSR count). The van der Waals surface area contributed by atoms with E-state index in [1.165, 1.54) is 0 Å². The van der Waals surface area contributed by atoms with E-state index in [-0.39, 0.29) is 17.2 Å². The molecule has 1 heterocycles. The van der Waals surface area contributed by atoms with Crippen molar-refractivity contribution in [3.05, 3.63) is 40.5 Å². The first-order chi connectivity index (χ1) is 12.3. The molecule has 0 aliphatic rings. The summed E-state index contributed by atoms with van der Waals surface area (Å²) in [5.41, 5.74) is 1.80. The smallest absolute Gasteiger partial charge is 0.228 e. The molecule has 0 aliphatic carbocycles. The lowest BCUT2D eigenvalue weighted by Crippen LogP contribution is -2.23. The highest BCUT2D eigenvalue weighted by atomic mass is 79.9. The topological polar surface area (TPSA) is 46.9 Å². The van der Waals surface area contributed by atoms with Gasteiger partial charge in [0.25, 0.3) is 0 Å². The molecular weight excluding hydrogens is 390 g/mol. The fourth-order valence-electron chi connectivity index (χ4n) is 2.82. The quantitative estimate of drug-likeness (QED) is 0.590. The number of hydrogen-bond donors (Lipinski definition) is 1. The van der Waals surface area contributed by atoms with Crippen molar-refractivity contribution in [2.24, 2.45) is 5.92 Å². The molecule has 0 saturated heterocycles. The number of aromatic nitrogens is 2. The van der Waals surface area contributed by atoms with Crippen LogP contribution >= 0.6 is 15.9 Å². The van der Waals surface area contributed by atoms with Gasteiger partial charge in [0.2, 0.25) is 5.91 Å². The standard InChI is InChI=1S/C21H30BrN3O/c1-6-8-9-15(7-2)20(26)23-19-14-18(21(3,4)5)24-25(19)17-12-10-16(22)11-13-17/h10-15H,6-9H2,1-5H3,(H,23,26)/t15-/m0/s1. The molecule has 0 radical (unpaired) electrons. The van der Waals surface area contributed by atoms with Crippen LogP contribution in [0.2, 0.25) is 0 Å². The fraction of sp³-hybridized carbons (Fsp3) is 0.524. The summed E-state index contributed by atoms with van der Waals surface area (Å²) >= 11 is 3.47. The largest absolute Gasteiger partial charge is 0.310 e. The Morgan fingerprint density at radius 2 is 1.88 bits per heavy atom. The molecule has 0 bridgehead atoms. The van der Waals surface area contributed by atoms with E-state index < -0.39 is 0 Å². The van der Waals surface area contributed by atoms with Gasteiger partial charge < -0.3 is 5.32 Å². The maximum Gasteiger partial charge on any atom is 0.228 e. The molecule has 0 unspecified atom stereocenters. The van der Waals surface area contributed by atoms with Crippen LogP contribution in [0.1, 0.15) is 66.0 Å². The SMILES string of the molecule is CCCC[C@H](CC)C(=O)Nc1cc(C(C)(C)C)nn1-c1ccc(Br)cc1. The summed E-state index contributed by atoms with van der Waals surface area (Å²) in [6.45, 7) is 10.6. The normalized spacial score (nSPS) is 12.8. The Labute approximate surface area is 165 Å². The van der Waals surface area contributed by atoms with Gasteiger partial charge in [0.1, 0.15) is 5.82 Å². The lowest BCUT2D eigenvalue weighted by molar-refractivity contribution is -0.120. The van der Waals surface area contributed by atoms with Crippen LogP contribution in [-0.4, -0.2) is 15.7 Å². The minimum atomic E-state index is -0.0908. The zero-order valence-corrected chi connectivity index (χ0v) is 18.1. The second-order valence-corrected chi connectivity index (χ2v) is 8.71. The van der Waals surface area contributed by atoms with E-state index in [1.807, 2.05) is 35.0 Å². The maximum atomic E-state index is 12.8. The first-order valence-electron chi connectivity index (χ1n) is 9.43. The molecule has 0 saturated carbocycles. The van der Waals surface area contributed by atoms with Gasteiger partial charge in [0.15, 0.2) is 0 Å². The van der Waals surface area contributed by atoms with Crippen LogP contribution in [0.3, 0.4) is 0 Å². The third-order valence-corrected chi connectivity index (χ3v) is 5.10. The van der Waals surface area contributed by atoms with Gasteiger partial charge in [-0.05, 0) is 37.1 Å². The zero-order valence-electron chi connectivity index (χ0n) is 16.5. The van der Waals surface area contributed by atoms with Gasteiger partial charge in [-0.1, -0.05) is 63.4 Å². The highest BCUT2D eigenvalue weighted by molar-refractivity contribution is 9.10. The fourth-order valence-corrected chi connectivity index (χ4v) is 3.08. The lowest BCUT2D eigenvalue weighted by atomic mass is 9.92. The van der Waals surface area contributed by atoms with Crippen LogP contribution in [0.15, 0.2) is 34.8 Å². The van der Waals surface area contributed by atoms with Gasteiger partial charge in [-0.25, -0.2) is 4.68 Å². The Morgan fingerprint density at radius 3 is 2.42 bits per heavy atom. The second kappa shape index (κ2) is 8.85. The molecule has 0 fully saturated rings. The third kappa shape index (κ3) is 5.19. The average molecular weight is 420 g/mol. The van der Waals surface area contributed by atoms with Gasteiger partial charge in [-0.3, -0.25) is 4.79 Å². The van der Waals surface area contributed by atoms with E-state index in [9.17, 15) is 4.79 Å². The van der Waals surface area contributed by atoms with E-state index in [2.05, 4.69) is 55.9 Å². The molecule has 2 aromatic rings. The summed E-state index contributed by atoms with van der Waals surface area (Å²) in [5, 5.41) is 7.89. The number of amides is 1. The van der Waals surface area contributed by atoms with E-state index in [0.29, 0.717) is 0 Å². The minimum Gasteiger partial charge on any atom is -0.310 e. The number of anilines is 1. The van der Waals surface area contributed by atoms with Crippen LogP contribution in [0, 0.1) is 5.92 Å². The van der Waals surface area contributed by atoms with Crippen molar-refractivity contribution < 1.29 is 4.79 Å².